The monoisotopic (exact) mass is 368 g/mol. The highest BCUT2D eigenvalue weighted by atomic mass is 16.5. The molecule has 2 aromatic carbocycles. The van der Waals surface area contributed by atoms with Crippen molar-refractivity contribution in [2.45, 2.75) is 25.1 Å². The molecule has 2 amide bonds. The first kappa shape index (κ1) is 18.9. The fourth-order valence-electron chi connectivity index (χ4n) is 2.94. The number of ether oxygens (including phenoxy) is 1. The van der Waals surface area contributed by atoms with Crippen LogP contribution in [0.1, 0.15) is 12.0 Å². The van der Waals surface area contributed by atoms with Crippen molar-refractivity contribution in [2.24, 2.45) is 5.73 Å². The Morgan fingerprint density at radius 3 is 2.56 bits per heavy atom. The van der Waals surface area contributed by atoms with Crippen LogP contribution in [0.4, 0.5) is 5.69 Å². The van der Waals surface area contributed by atoms with Crippen molar-refractivity contribution >= 4 is 17.5 Å². The number of nitrogens with two attached hydrogens (primary N) is 1. The first-order chi connectivity index (χ1) is 13.1. The maximum Gasteiger partial charge on any atom is 0.241 e. The van der Waals surface area contributed by atoms with Gasteiger partial charge in [0, 0.05) is 18.3 Å². The van der Waals surface area contributed by atoms with Gasteiger partial charge in [-0.25, -0.2) is 0 Å². The fourth-order valence-corrected chi connectivity index (χ4v) is 2.94. The fraction of sp³-hybridized carbons (Fsp3) is 0.300. The summed E-state index contributed by atoms with van der Waals surface area (Å²) >= 11 is 0. The van der Waals surface area contributed by atoms with Crippen LogP contribution in [0.15, 0.2) is 54.6 Å². The van der Waals surface area contributed by atoms with E-state index in [1.807, 2.05) is 42.5 Å². The van der Waals surface area contributed by atoms with Crippen molar-refractivity contribution in [3.05, 3.63) is 60.2 Å². The summed E-state index contributed by atoms with van der Waals surface area (Å²) in [5.74, 6) is 0.395. The smallest absolute Gasteiger partial charge is 0.241 e. The number of carbonyl (C=O) groups is 2. The third kappa shape index (κ3) is 5.54. The largest absolute Gasteiger partial charge is 0.489 e. The van der Waals surface area contributed by atoms with Gasteiger partial charge in [0.2, 0.25) is 11.8 Å². The number of hydrogen-bond acceptors (Lipinski definition) is 5. The minimum absolute atomic E-state index is 0.0495. The van der Waals surface area contributed by atoms with Gasteiger partial charge in [0.25, 0.3) is 0 Å². The Balaban J connectivity index is 1.46. The Morgan fingerprint density at radius 1 is 1.11 bits per heavy atom. The molecule has 142 valence electrons. The SMILES string of the molecule is NCC(=O)N[C@@H]1CN[C@@H](C(=O)Nc2ccc(OCc3ccccc3)cc2)C1. The molecule has 0 unspecified atom stereocenters. The van der Waals surface area contributed by atoms with Crippen LogP contribution in [-0.2, 0) is 16.2 Å². The van der Waals surface area contributed by atoms with Gasteiger partial charge in [-0.05, 0) is 36.2 Å². The third-order valence-electron chi connectivity index (χ3n) is 4.37. The van der Waals surface area contributed by atoms with Crippen LogP contribution >= 0.6 is 0 Å². The van der Waals surface area contributed by atoms with E-state index in [1.54, 1.807) is 12.1 Å². The van der Waals surface area contributed by atoms with Gasteiger partial charge in [-0.2, -0.15) is 0 Å². The Morgan fingerprint density at radius 2 is 1.85 bits per heavy atom. The predicted molar refractivity (Wildman–Crippen MR) is 103 cm³/mol. The van der Waals surface area contributed by atoms with Crippen LogP contribution in [0.3, 0.4) is 0 Å². The van der Waals surface area contributed by atoms with E-state index >= 15 is 0 Å². The van der Waals surface area contributed by atoms with Crippen LogP contribution in [-0.4, -0.2) is 37.0 Å². The lowest BCUT2D eigenvalue weighted by Gasteiger charge is -2.13. The molecular formula is C20H24N4O3. The Hall–Kier alpha value is -2.90. The van der Waals surface area contributed by atoms with E-state index in [0.29, 0.717) is 25.3 Å². The van der Waals surface area contributed by atoms with Gasteiger partial charge in [-0.3, -0.25) is 9.59 Å². The van der Waals surface area contributed by atoms with E-state index in [1.165, 1.54) is 0 Å². The molecule has 7 heteroatoms. The molecule has 5 N–H and O–H groups in total. The quantitative estimate of drug-likeness (QED) is 0.584. The summed E-state index contributed by atoms with van der Waals surface area (Å²) in [4.78, 5) is 23.7. The molecule has 27 heavy (non-hydrogen) atoms. The maximum absolute atomic E-state index is 12.4. The van der Waals surface area contributed by atoms with Crippen LogP contribution in [0.5, 0.6) is 5.75 Å². The van der Waals surface area contributed by atoms with Crippen LogP contribution < -0.4 is 26.4 Å². The summed E-state index contributed by atoms with van der Waals surface area (Å²) < 4.78 is 5.74. The molecule has 0 spiro atoms. The van der Waals surface area contributed by atoms with E-state index in [2.05, 4.69) is 16.0 Å². The number of nitrogens with one attached hydrogen (secondary N) is 3. The highest BCUT2D eigenvalue weighted by Crippen LogP contribution is 2.18. The molecule has 2 aromatic rings. The van der Waals surface area contributed by atoms with E-state index in [-0.39, 0.29) is 30.4 Å². The molecule has 3 rings (SSSR count). The highest BCUT2D eigenvalue weighted by molar-refractivity contribution is 5.95. The Bertz CT molecular complexity index is 765. The van der Waals surface area contributed by atoms with E-state index in [0.717, 1.165) is 11.3 Å². The Labute approximate surface area is 158 Å². The summed E-state index contributed by atoms with van der Waals surface area (Å²) in [6.07, 6.45) is 0.538. The molecule has 0 bridgehead atoms. The van der Waals surface area contributed by atoms with Crippen LogP contribution in [0.2, 0.25) is 0 Å². The zero-order chi connectivity index (χ0) is 19.1. The van der Waals surface area contributed by atoms with Crippen molar-refractivity contribution in [2.75, 3.05) is 18.4 Å². The number of hydrogen-bond donors (Lipinski definition) is 4. The molecule has 1 aliphatic rings. The third-order valence-corrected chi connectivity index (χ3v) is 4.37. The summed E-state index contributed by atoms with van der Waals surface area (Å²) in [6.45, 7) is 0.997. The van der Waals surface area contributed by atoms with Crippen molar-refractivity contribution in [1.82, 2.24) is 10.6 Å². The number of anilines is 1. The Kier molecular flexibility index (Phi) is 6.40. The zero-order valence-electron chi connectivity index (χ0n) is 15.0. The molecule has 1 fully saturated rings. The molecule has 0 saturated carbocycles. The summed E-state index contributed by atoms with van der Waals surface area (Å²) in [5.41, 5.74) is 7.08. The first-order valence-electron chi connectivity index (χ1n) is 8.94. The summed E-state index contributed by atoms with van der Waals surface area (Å²) in [7, 11) is 0. The second kappa shape index (κ2) is 9.16. The highest BCUT2D eigenvalue weighted by Gasteiger charge is 2.30. The van der Waals surface area contributed by atoms with Crippen LogP contribution in [0, 0.1) is 0 Å². The standard InChI is InChI=1S/C20H24N4O3/c21-11-19(25)23-16-10-18(22-12-16)20(26)24-15-6-8-17(9-7-15)27-13-14-4-2-1-3-5-14/h1-9,16,18,22H,10-13,21H2,(H,23,25)(H,24,26)/t16-,18+/m0/s1. The molecule has 1 aliphatic heterocycles. The second-order valence-corrected chi connectivity index (χ2v) is 6.45. The predicted octanol–water partition coefficient (Wildman–Crippen LogP) is 1.01. The molecule has 1 saturated heterocycles. The lowest BCUT2D eigenvalue weighted by Crippen LogP contribution is -2.39. The second-order valence-electron chi connectivity index (χ2n) is 6.45. The lowest BCUT2D eigenvalue weighted by atomic mass is 10.1. The minimum Gasteiger partial charge on any atom is -0.489 e. The number of carbonyl (C=O) groups excluding carboxylic acids is 2. The zero-order valence-corrected chi connectivity index (χ0v) is 15.0. The average molecular weight is 368 g/mol. The van der Waals surface area contributed by atoms with Crippen molar-refractivity contribution in [3.8, 4) is 5.75 Å². The topological polar surface area (TPSA) is 105 Å². The van der Waals surface area contributed by atoms with Gasteiger partial charge >= 0.3 is 0 Å². The number of rotatable bonds is 7. The maximum atomic E-state index is 12.4. The van der Waals surface area contributed by atoms with Gasteiger partial charge in [0.05, 0.1) is 12.6 Å². The average Bonchev–Trinajstić information content (AvgIpc) is 3.17. The van der Waals surface area contributed by atoms with E-state index in [4.69, 9.17) is 10.5 Å². The molecule has 0 radical (unpaired) electrons. The normalized spacial score (nSPS) is 18.7. The molecular weight excluding hydrogens is 344 g/mol. The van der Waals surface area contributed by atoms with Gasteiger partial charge in [0.15, 0.2) is 0 Å². The van der Waals surface area contributed by atoms with Crippen molar-refractivity contribution in [3.63, 3.8) is 0 Å². The van der Waals surface area contributed by atoms with Crippen molar-refractivity contribution < 1.29 is 14.3 Å². The number of amides is 2. The molecule has 1 heterocycles. The molecule has 7 nitrogen and oxygen atoms in total. The van der Waals surface area contributed by atoms with Crippen molar-refractivity contribution in [1.29, 1.82) is 0 Å². The summed E-state index contributed by atoms with van der Waals surface area (Å²) in [6, 6.07) is 16.8. The number of benzene rings is 2. The molecule has 0 aromatic heterocycles. The van der Waals surface area contributed by atoms with Gasteiger partial charge in [-0.1, -0.05) is 30.3 Å². The van der Waals surface area contributed by atoms with Gasteiger partial charge in [-0.15, -0.1) is 0 Å². The van der Waals surface area contributed by atoms with Gasteiger partial charge in [0.1, 0.15) is 12.4 Å². The van der Waals surface area contributed by atoms with E-state index < -0.39 is 0 Å². The minimum atomic E-state index is -0.345. The van der Waals surface area contributed by atoms with Crippen LogP contribution in [0.25, 0.3) is 0 Å². The summed E-state index contributed by atoms with van der Waals surface area (Å²) in [5, 5.41) is 8.78. The molecule has 0 aliphatic carbocycles. The first-order valence-corrected chi connectivity index (χ1v) is 8.94. The lowest BCUT2D eigenvalue weighted by molar-refractivity contribution is -0.121. The molecule has 2 atom stereocenters. The van der Waals surface area contributed by atoms with Gasteiger partial charge < -0.3 is 26.4 Å². The van der Waals surface area contributed by atoms with E-state index in [9.17, 15) is 9.59 Å².